The van der Waals surface area contributed by atoms with Gasteiger partial charge in [0.1, 0.15) is 17.6 Å². The number of sulfonamides is 1. The zero-order chi connectivity index (χ0) is 18.0. The molecule has 25 heavy (non-hydrogen) atoms. The van der Waals surface area contributed by atoms with E-state index in [1.165, 1.54) is 10.4 Å². The van der Waals surface area contributed by atoms with Crippen LogP contribution in [0.2, 0.25) is 5.02 Å². The minimum atomic E-state index is -3.46. The minimum absolute atomic E-state index is 0.103. The molecule has 1 saturated heterocycles. The molecule has 0 N–H and O–H groups in total. The Morgan fingerprint density at radius 1 is 1.32 bits per heavy atom. The molecule has 2 aromatic rings. The normalized spacial score (nSPS) is 18.4. The molecule has 0 radical (unpaired) electrons. The highest BCUT2D eigenvalue weighted by Gasteiger charge is 2.32. The number of nitrogens with zero attached hydrogens (tertiary/aromatic N) is 1. The van der Waals surface area contributed by atoms with Gasteiger partial charge in [-0.1, -0.05) is 23.7 Å². The number of rotatable bonds is 5. The molecule has 1 aromatic heterocycles. The second-order valence-electron chi connectivity index (χ2n) is 6.00. The lowest BCUT2D eigenvalue weighted by Crippen LogP contribution is -2.32. The first-order chi connectivity index (χ1) is 11.8. The van der Waals surface area contributed by atoms with E-state index in [1.807, 2.05) is 0 Å². The highest BCUT2D eigenvalue weighted by molar-refractivity contribution is 7.88. The van der Waals surface area contributed by atoms with Crippen LogP contribution in [-0.4, -0.2) is 31.9 Å². The van der Waals surface area contributed by atoms with Crippen molar-refractivity contribution in [2.45, 2.75) is 25.2 Å². The number of aryl methyl sites for hydroxylation is 1. The van der Waals surface area contributed by atoms with Gasteiger partial charge < -0.3 is 9.15 Å². The molecule has 1 unspecified atom stereocenters. The number of halogens is 1. The molecule has 0 bridgehead atoms. The van der Waals surface area contributed by atoms with Gasteiger partial charge in [-0.25, -0.2) is 13.2 Å². The zero-order valence-corrected chi connectivity index (χ0v) is 15.2. The minimum Gasteiger partial charge on any atom is -0.489 e. The summed E-state index contributed by atoms with van der Waals surface area (Å²) in [6, 6.07) is 9.69. The smallest absolute Gasteiger partial charge is 0.339 e. The first-order valence-electron chi connectivity index (χ1n) is 7.82. The highest BCUT2D eigenvalue weighted by Crippen LogP contribution is 2.23. The molecule has 1 aromatic carbocycles. The van der Waals surface area contributed by atoms with E-state index in [9.17, 15) is 13.2 Å². The summed E-state index contributed by atoms with van der Waals surface area (Å²) < 4.78 is 37.2. The topological polar surface area (TPSA) is 76.8 Å². The standard InChI is InChI=1S/C17H18ClNO5S/c1-12-7-16(9-17(20)23-12)24-15-5-6-19(10-15)25(21,22)11-13-3-2-4-14(18)8-13/h2-4,7-9,15H,5-6,10-11H2,1H3. The Morgan fingerprint density at radius 3 is 2.84 bits per heavy atom. The second kappa shape index (κ2) is 7.19. The van der Waals surface area contributed by atoms with Crippen LogP contribution in [0.25, 0.3) is 0 Å². The van der Waals surface area contributed by atoms with Crippen molar-refractivity contribution in [1.82, 2.24) is 4.31 Å². The van der Waals surface area contributed by atoms with Crippen LogP contribution in [0.3, 0.4) is 0 Å². The Kier molecular flexibility index (Phi) is 5.17. The molecule has 1 aliphatic rings. The Labute approximate surface area is 151 Å². The molecule has 1 fully saturated rings. The Balaban J connectivity index is 1.66. The first-order valence-corrected chi connectivity index (χ1v) is 9.81. The Morgan fingerprint density at radius 2 is 2.12 bits per heavy atom. The summed E-state index contributed by atoms with van der Waals surface area (Å²) in [6.07, 6.45) is 0.268. The lowest BCUT2D eigenvalue weighted by atomic mass is 10.2. The van der Waals surface area contributed by atoms with E-state index in [1.54, 1.807) is 37.3 Å². The molecule has 1 aliphatic heterocycles. The third-order valence-corrected chi connectivity index (χ3v) is 5.96. The largest absolute Gasteiger partial charge is 0.489 e. The average Bonchev–Trinajstić information content (AvgIpc) is 2.95. The molecule has 0 saturated carbocycles. The summed E-state index contributed by atoms with van der Waals surface area (Å²) in [5.74, 6) is 0.743. The lowest BCUT2D eigenvalue weighted by molar-refractivity contribution is 0.213. The summed E-state index contributed by atoms with van der Waals surface area (Å²) in [6.45, 7) is 2.29. The molecule has 1 atom stereocenters. The third-order valence-electron chi connectivity index (χ3n) is 3.91. The van der Waals surface area contributed by atoms with Crippen molar-refractivity contribution in [1.29, 1.82) is 0 Å². The summed E-state index contributed by atoms with van der Waals surface area (Å²) >= 11 is 5.91. The van der Waals surface area contributed by atoms with Gasteiger partial charge in [-0.3, -0.25) is 0 Å². The van der Waals surface area contributed by atoms with Crippen molar-refractivity contribution < 1.29 is 17.6 Å². The summed E-state index contributed by atoms with van der Waals surface area (Å²) in [5, 5.41) is 0.508. The average molecular weight is 384 g/mol. The van der Waals surface area contributed by atoms with Crippen LogP contribution < -0.4 is 10.4 Å². The second-order valence-corrected chi connectivity index (χ2v) is 8.40. The highest BCUT2D eigenvalue weighted by atomic mass is 35.5. The van der Waals surface area contributed by atoms with Gasteiger partial charge in [0.2, 0.25) is 10.0 Å². The van der Waals surface area contributed by atoms with Crippen LogP contribution >= 0.6 is 11.6 Å². The number of hydrogen-bond acceptors (Lipinski definition) is 5. The quantitative estimate of drug-likeness (QED) is 0.793. The van der Waals surface area contributed by atoms with Crippen LogP contribution in [0.1, 0.15) is 17.7 Å². The lowest BCUT2D eigenvalue weighted by Gasteiger charge is -2.17. The molecule has 0 aliphatic carbocycles. The summed E-state index contributed by atoms with van der Waals surface area (Å²) in [7, 11) is -3.46. The van der Waals surface area contributed by atoms with Crippen LogP contribution in [0.4, 0.5) is 0 Å². The van der Waals surface area contributed by atoms with E-state index in [2.05, 4.69) is 0 Å². The number of benzene rings is 1. The van der Waals surface area contributed by atoms with Crippen LogP contribution in [-0.2, 0) is 15.8 Å². The molecule has 2 heterocycles. The van der Waals surface area contributed by atoms with Gasteiger partial charge in [0.15, 0.2) is 0 Å². The Bertz CT molecular complexity index is 925. The van der Waals surface area contributed by atoms with Crippen molar-refractivity contribution >= 4 is 21.6 Å². The van der Waals surface area contributed by atoms with Crippen molar-refractivity contribution in [2.75, 3.05) is 13.1 Å². The van der Waals surface area contributed by atoms with Gasteiger partial charge in [0.25, 0.3) is 0 Å². The first kappa shape index (κ1) is 18.0. The van der Waals surface area contributed by atoms with Gasteiger partial charge in [-0.05, 0) is 31.0 Å². The zero-order valence-electron chi connectivity index (χ0n) is 13.6. The molecule has 8 heteroatoms. The molecule has 134 valence electrons. The molecular weight excluding hydrogens is 366 g/mol. The van der Waals surface area contributed by atoms with Gasteiger partial charge in [-0.15, -0.1) is 0 Å². The molecule has 0 amide bonds. The monoisotopic (exact) mass is 383 g/mol. The fourth-order valence-corrected chi connectivity index (χ4v) is 4.58. The molecule has 6 nitrogen and oxygen atoms in total. The fourth-order valence-electron chi connectivity index (χ4n) is 2.81. The van der Waals surface area contributed by atoms with Gasteiger partial charge in [0, 0.05) is 17.6 Å². The van der Waals surface area contributed by atoms with Crippen LogP contribution in [0, 0.1) is 6.92 Å². The van der Waals surface area contributed by atoms with Crippen LogP contribution in [0.5, 0.6) is 5.75 Å². The van der Waals surface area contributed by atoms with Crippen molar-refractivity contribution in [3.05, 3.63) is 63.2 Å². The van der Waals surface area contributed by atoms with Crippen molar-refractivity contribution in [3.63, 3.8) is 0 Å². The molecule has 3 rings (SSSR count). The van der Waals surface area contributed by atoms with Crippen molar-refractivity contribution in [3.8, 4) is 5.75 Å². The fraction of sp³-hybridized carbons (Fsp3) is 0.353. The summed E-state index contributed by atoms with van der Waals surface area (Å²) in [5.41, 5.74) is 0.159. The van der Waals surface area contributed by atoms with E-state index >= 15 is 0 Å². The summed E-state index contributed by atoms with van der Waals surface area (Å²) in [4.78, 5) is 11.4. The third kappa shape index (κ3) is 4.62. The predicted molar refractivity (Wildman–Crippen MR) is 94.4 cm³/mol. The Hall–Kier alpha value is -1.83. The van der Waals surface area contributed by atoms with Gasteiger partial charge in [0.05, 0.1) is 18.4 Å². The predicted octanol–water partition coefficient (Wildman–Crippen LogP) is 2.58. The number of hydrogen-bond donors (Lipinski definition) is 0. The maximum atomic E-state index is 12.6. The van der Waals surface area contributed by atoms with Crippen LogP contribution in [0.15, 0.2) is 45.6 Å². The van der Waals surface area contributed by atoms with E-state index in [0.717, 1.165) is 0 Å². The van der Waals surface area contributed by atoms with Gasteiger partial charge >= 0.3 is 5.63 Å². The maximum absolute atomic E-state index is 12.6. The van der Waals surface area contributed by atoms with E-state index in [4.69, 9.17) is 20.8 Å². The van der Waals surface area contributed by atoms with E-state index in [0.29, 0.717) is 35.1 Å². The maximum Gasteiger partial charge on any atom is 0.339 e. The van der Waals surface area contributed by atoms with Crippen molar-refractivity contribution in [2.24, 2.45) is 0 Å². The molecule has 0 spiro atoms. The van der Waals surface area contributed by atoms with E-state index in [-0.39, 0.29) is 18.4 Å². The molecular formula is C17H18ClNO5S. The number of ether oxygens (including phenoxy) is 1. The van der Waals surface area contributed by atoms with E-state index < -0.39 is 15.6 Å². The SMILES string of the molecule is Cc1cc(OC2CCN(S(=O)(=O)Cc3cccc(Cl)c3)C2)cc(=O)o1. The van der Waals surface area contributed by atoms with Gasteiger partial charge in [-0.2, -0.15) is 4.31 Å².